The van der Waals surface area contributed by atoms with Crippen LogP contribution in [0.3, 0.4) is 0 Å². The Labute approximate surface area is 264 Å². The second-order valence-corrected chi connectivity index (χ2v) is 14.3. The second kappa shape index (κ2) is 32.5. The van der Waals surface area contributed by atoms with Gasteiger partial charge in [0.05, 0.1) is 0 Å². The monoisotopic (exact) mass is 640 g/mol. The van der Waals surface area contributed by atoms with Crippen LogP contribution in [0.5, 0.6) is 11.5 Å². The topological polar surface area (TPSA) is 18.5 Å². The van der Waals surface area contributed by atoms with E-state index in [-0.39, 0.29) is 0 Å². The molecule has 0 spiro atoms. The maximum absolute atomic E-state index is 6.09. The Bertz CT molecular complexity index is 563. The first-order valence-corrected chi connectivity index (χ1v) is 20.7. The molecule has 1 aromatic rings. The number of hydrogen-bond donors (Lipinski definition) is 0. The molecule has 41 heavy (non-hydrogen) atoms. The van der Waals surface area contributed by atoms with E-state index in [0.717, 1.165) is 24.7 Å². The molecule has 0 aliphatic carbocycles. The van der Waals surface area contributed by atoms with E-state index in [1.165, 1.54) is 193 Å². The fourth-order valence-electron chi connectivity index (χ4n) is 5.80. The van der Waals surface area contributed by atoms with E-state index in [1.807, 2.05) is 0 Å². The molecule has 0 atom stereocenters. The van der Waals surface area contributed by atoms with Gasteiger partial charge < -0.3 is 0 Å². The molecule has 0 unspecified atom stereocenters. The number of unbranched alkanes of at least 4 members (excludes halogenated alkanes) is 28. The van der Waals surface area contributed by atoms with Crippen molar-refractivity contribution in [2.24, 2.45) is 0 Å². The third-order valence-electron chi connectivity index (χ3n) is 8.60. The molecular weight excluding hydrogens is 567 g/mol. The summed E-state index contributed by atoms with van der Waals surface area (Å²) in [5.74, 6) is 2.05. The maximum atomic E-state index is 6.09. The Morgan fingerprint density at radius 2 is 0.561 bits per heavy atom. The molecule has 3 heteroatoms. The van der Waals surface area contributed by atoms with E-state index in [1.54, 1.807) is 0 Å². The van der Waals surface area contributed by atoms with Crippen molar-refractivity contribution < 1.29 is 9.47 Å². The van der Waals surface area contributed by atoms with Crippen LogP contribution < -0.4 is 9.47 Å². The van der Waals surface area contributed by atoms with Crippen LogP contribution in [0.1, 0.15) is 206 Å². The van der Waals surface area contributed by atoms with Crippen LogP contribution in [0.15, 0.2) is 9.88 Å². The summed E-state index contributed by atoms with van der Waals surface area (Å²) >= 11 is 0.411. The van der Waals surface area contributed by atoms with Gasteiger partial charge in [0.15, 0.2) is 0 Å². The minimum atomic E-state index is 0.411. The Morgan fingerprint density at radius 3 is 0.805 bits per heavy atom. The first-order chi connectivity index (χ1) is 20.4. The molecule has 0 bridgehead atoms. The Balaban J connectivity index is 1.82. The zero-order chi connectivity index (χ0) is 29.3. The van der Waals surface area contributed by atoms with Crippen LogP contribution in [-0.4, -0.2) is 27.7 Å². The number of ether oxygens (including phenoxy) is 2. The van der Waals surface area contributed by atoms with Crippen molar-refractivity contribution in [2.75, 3.05) is 13.2 Å². The van der Waals surface area contributed by atoms with Gasteiger partial charge in [-0.15, -0.1) is 0 Å². The smallest absolute Gasteiger partial charge is 0.0654 e. The molecule has 1 rings (SSSR count). The zero-order valence-electron chi connectivity index (χ0n) is 28.0. The van der Waals surface area contributed by atoms with Crippen molar-refractivity contribution in [3.8, 4) is 11.5 Å². The van der Waals surface area contributed by atoms with Crippen LogP contribution >= 0.6 is 0 Å². The summed E-state index contributed by atoms with van der Waals surface area (Å²) < 4.78 is 12.2. The molecule has 0 radical (unpaired) electrons. The van der Waals surface area contributed by atoms with E-state index in [9.17, 15) is 0 Å². The van der Waals surface area contributed by atoms with Crippen LogP contribution in [0.2, 0.25) is 0 Å². The van der Waals surface area contributed by atoms with Gasteiger partial charge in [0.25, 0.3) is 0 Å². The summed E-state index contributed by atoms with van der Waals surface area (Å²) in [6.45, 7) is 6.29. The van der Waals surface area contributed by atoms with Crippen LogP contribution in [0.25, 0.3) is 0 Å². The summed E-state index contributed by atoms with van der Waals surface area (Å²) in [4.78, 5) is 4.50. The van der Waals surface area contributed by atoms with E-state index in [2.05, 4.69) is 23.7 Å². The molecule has 0 aliphatic heterocycles. The van der Waals surface area contributed by atoms with E-state index < -0.39 is 0 Å². The first-order valence-electron chi connectivity index (χ1n) is 18.7. The molecular formula is C38H72O2Se. The van der Waals surface area contributed by atoms with Gasteiger partial charge in [-0.3, -0.25) is 0 Å². The van der Waals surface area contributed by atoms with Crippen molar-refractivity contribution in [2.45, 2.75) is 206 Å². The SMILES string of the molecule is CCCCCCCCCCCCCCCCCOc1c[se]cc1OCCCCCCCCCCCCCCCCC. The van der Waals surface area contributed by atoms with Gasteiger partial charge in [0.1, 0.15) is 0 Å². The second-order valence-electron chi connectivity index (χ2n) is 12.7. The Hall–Kier alpha value is -0.401. The van der Waals surface area contributed by atoms with Crippen molar-refractivity contribution in [3.05, 3.63) is 9.88 Å². The predicted molar refractivity (Wildman–Crippen MR) is 184 cm³/mol. The molecule has 0 saturated heterocycles. The fourth-order valence-corrected chi connectivity index (χ4v) is 7.23. The molecule has 0 N–H and O–H groups in total. The molecule has 0 aliphatic rings. The predicted octanol–water partition coefficient (Wildman–Crippen LogP) is 13.2. The summed E-state index contributed by atoms with van der Waals surface area (Å²) in [5, 5.41) is 0. The first kappa shape index (κ1) is 38.6. The minimum Gasteiger partial charge on any atom is -0.0654 e. The summed E-state index contributed by atoms with van der Waals surface area (Å²) in [7, 11) is 0. The van der Waals surface area contributed by atoms with Gasteiger partial charge in [-0.1, -0.05) is 104 Å². The van der Waals surface area contributed by atoms with Crippen molar-refractivity contribution >= 4 is 14.5 Å². The van der Waals surface area contributed by atoms with Gasteiger partial charge in [-0.25, -0.2) is 0 Å². The Kier molecular flexibility index (Phi) is 30.6. The normalized spacial score (nSPS) is 11.4. The molecule has 0 saturated carbocycles. The van der Waals surface area contributed by atoms with E-state index in [4.69, 9.17) is 9.47 Å². The van der Waals surface area contributed by atoms with Crippen LogP contribution in [-0.2, 0) is 0 Å². The van der Waals surface area contributed by atoms with Crippen molar-refractivity contribution in [1.29, 1.82) is 0 Å². The summed E-state index contributed by atoms with van der Waals surface area (Å²) in [6.07, 6.45) is 42.1. The van der Waals surface area contributed by atoms with E-state index >= 15 is 0 Å². The van der Waals surface area contributed by atoms with Crippen molar-refractivity contribution in [3.63, 3.8) is 0 Å². The van der Waals surface area contributed by atoms with Crippen molar-refractivity contribution in [1.82, 2.24) is 0 Å². The fraction of sp³-hybridized carbons (Fsp3) is 0.895. The third-order valence-corrected chi connectivity index (χ3v) is 10.1. The molecule has 1 aromatic heterocycles. The van der Waals surface area contributed by atoms with Gasteiger partial charge in [0, 0.05) is 0 Å². The molecule has 242 valence electrons. The number of rotatable bonds is 34. The summed E-state index contributed by atoms with van der Waals surface area (Å²) in [5.41, 5.74) is 0. The standard InChI is InChI=1S/C38H72O2Se/c1-3-5-7-9-11-13-15-17-19-21-23-25-27-29-31-33-39-37-35-41-36-38(37)40-34-32-30-28-26-24-22-20-18-16-14-12-10-8-6-4-2/h35-36H,3-34H2,1-2H3. The molecule has 0 fully saturated rings. The van der Waals surface area contributed by atoms with Gasteiger partial charge in [-0.05, 0) is 0 Å². The third kappa shape index (κ3) is 26.9. The Morgan fingerprint density at radius 1 is 0.341 bits per heavy atom. The average molecular weight is 640 g/mol. The van der Waals surface area contributed by atoms with Crippen LogP contribution in [0, 0.1) is 0 Å². The summed E-state index contributed by atoms with van der Waals surface area (Å²) in [6, 6.07) is 0. The quantitative estimate of drug-likeness (QED) is 0.0552. The zero-order valence-corrected chi connectivity index (χ0v) is 29.7. The molecule has 0 aromatic carbocycles. The van der Waals surface area contributed by atoms with Gasteiger partial charge in [0.2, 0.25) is 0 Å². The molecule has 2 nitrogen and oxygen atoms in total. The molecule has 1 heterocycles. The van der Waals surface area contributed by atoms with Crippen LogP contribution in [0.4, 0.5) is 0 Å². The molecule has 0 amide bonds. The average Bonchev–Trinajstić information content (AvgIpc) is 3.43. The number of hydrogen-bond acceptors (Lipinski definition) is 2. The van der Waals surface area contributed by atoms with Gasteiger partial charge in [-0.2, -0.15) is 0 Å². The van der Waals surface area contributed by atoms with Gasteiger partial charge >= 0.3 is 161 Å². The minimum absolute atomic E-state index is 0.411. The van der Waals surface area contributed by atoms with E-state index in [0.29, 0.717) is 14.5 Å².